The van der Waals surface area contributed by atoms with Gasteiger partial charge in [0.15, 0.2) is 6.04 Å². The van der Waals surface area contributed by atoms with Crippen LogP contribution in [0.1, 0.15) is 5.56 Å². The summed E-state index contributed by atoms with van der Waals surface area (Å²) in [5, 5.41) is 9.97. The van der Waals surface area contributed by atoms with Crippen LogP contribution < -0.4 is 4.90 Å². The van der Waals surface area contributed by atoms with Crippen molar-refractivity contribution in [1.82, 2.24) is 0 Å². The first-order valence-corrected chi connectivity index (χ1v) is 5.15. The number of aliphatic hydroxyl groups is 1. The number of rotatable bonds is 1. The molecule has 1 aliphatic heterocycles. The Kier molecular flexibility index (Phi) is 2.39. The van der Waals surface area contributed by atoms with Gasteiger partial charge >= 0.3 is 5.90 Å². The minimum atomic E-state index is 0.0809. The fourth-order valence-electron chi connectivity index (χ4n) is 2.10. The van der Waals surface area contributed by atoms with Crippen molar-refractivity contribution >= 4 is 11.6 Å². The number of likely N-dealkylation sites (N-methyl/N-ethyl adjacent to an activating group) is 1. The Morgan fingerprint density at radius 2 is 2.07 bits per heavy atom. The van der Waals surface area contributed by atoms with E-state index in [0.29, 0.717) is 5.90 Å². The van der Waals surface area contributed by atoms with Gasteiger partial charge in [-0.25, -0.2) is 4.58 Å². The molecule has 3 nitrogen and oxygen atoms in total. The second kappa shape index (κ2) is 3.57. The summed E-state index contributed by atoms with van der Waals surface area (Å²) in [6.45, 7) is 0. The van der Waals surface area contributed by atoms with E-state index in [1.54, 1.807) is 4.58 Å². The van der Waals surface area contributed by atoms with Gasteiger partial charge in [0.1, 0.15) is 14.1 Å². The molecule has 2 rings (SSSR count). The van der Waals surface area contributed by atoms with Gasteiger partial charge in [-0.05, 0) is 11.6 Å². The smallest absolute Gasteiger partial charge is 0.357 e. The molecule has 1 N–H and O–H groups in total. The van der Waals surface area contributed by atoms with Gasteiger partial charge < -0.3 is 10.0 Å². The lowest BCUT2D eigenvalue weighted by Crippen LogP contribution is -2.39. The van der Waals surface area contributed by atoms with E-state index in [4.69, 9.17) is 0 Å². The topological polar surface area (TPSA) is 26.5 Å². The molecule has 0 fully saturated rings. The monoisotopic (exact) mass is 205 g/mol. The molecule has 1 atom stereocenters. The predicted octanol–water partition coefficient (Wildman–Crippen LogP) is 1.28. The molecule has 15 heavy (non-hydrogen) atoms. The van der Waals surface area contributed by atoms with Crippen LogP contribution in [0.25, 0.3) is 0 Å². The minimum Gasteiger partial charge on any atom is -0.462 e. The van der Waals surface area contributed by atoms with Gasteiger partial charge in [-0.3, -0.25) is 0 Å². The molecule has 0 spiro atoms. The summed E-state index contributed by atoms with van der Waals surface area (Å²) in [5.74, 6) is 0.425. The first-order chi connectivity index (χ1) is 7.11. The number of anilines is 1. The Hall–Kier alpha value is -1.51. The Balaban J connectivity index is 2.35. The summed E-state index contributed by atoms with van der Waals surface area (Å²) in [5.41, 5.74) is 2.52. The standard InChI is InChI=1S/C12H16N2O/c1-13(2)12(15)11-8-9-6-4-5-7-10(9)14(11)3/h4-7,11H,8H2,1-3H3/p+1/t11-/m0/s1. The maximum atomic E-state index is 9.97. The second-order valence-corrected chi connectivity index (χ2v) is 4.21. The zero-order valence-electron chi connectivity index (χ0n) is 9.44. The van der Waals surface area contributed by atoms with Crippen molar-refractivity contribution in [2.45, 2.75) is 12.5 Å². The lowest BCUT2D eigenvalue weighted by atomic mass is 10.1. The molecule has 0 saturated heterocycles. The summed E-state index contributed by atoms with van der Waals surface area (Å²) >= 11 is 0. The van der Waals surface area contributed by atoms with Gasteiger partial charge in [0.05, 0.1) is 0 Å². The number of benzene rings is 1. The number of fused-ring (bicyclic) bond motifs is 1. The largest absolute Gasteiger partial charge is 0.462 e. The summed E-state index contributed by atoms with van der Waals surface area (Å²) in [6.07, 6.45) is 0.886. The highest BCUT2D eigenvalue weighted by molar-refractivity contribution is 5.83. The van der Waals surface area contributed by atoms with Crippen LogP contribution in [-0.4, -0.2) is 42.8 Å². The molecule has 0 aliphatic carbocycles. The Morgan fingerprint density at radius 3 is 2.67 bits per heavy atom. The maximum absolute atomic E-state index is 9.97. The third-order valence-electron chi connectivity index (χ3n) is 3.01. The number of para-hydroxylation sites is 1. The fourth-order valence-corrected chi connectivity index (χ4v) is 2.10. The van der Waals surface area contributed by atoms with Gasteiger partial charge in [-0.1, -0.05) is 18.2 Å². The molecule has 0 radical (unpaired) electrons. The average molecular weight is 205 g/mol. The van der Waals surface area contributed by atoms with E-state index in [2.05, 4.69) is 17.0 Å². The number of hydrogen-bond acceptors (Lipinski definition) is 1. The SMILES string of the molecule is CN1c2ccccc2C[C@H]1C(O)=[N+](C)C. The van der Waals surface area contributed by atoms with Crippen LogP contribution in [0.5, 0.6) is 0 Å². The number of nitrogens with zero attached hydrogens (tertiary/aromatic N) is 2. The molecule has 80 valence electrons. The van der Waals surface area contributed by atoms with E-state index in [0.717, 1.165) is 6.42 Å². The molecule has 3 heteroatoms. The van der Waals surface area contributed by atoms with Gasteiger partial charge in [0.2, 0.25) is 0 Å². The van der Waals surface area contributed by atoms with Gasteiger partial charge in [-0.15, -0.1) is 0 Å². The van der Waals surface area contributed by atoms with Crippen LogP contribution in [0.2, 0.25) is 0 Å². The first kappa shape index (κ1) is 10.0. The first-order valence-electron chi connectivity index (χ1n) is 5.15. The summed E-state index contributed by atoms with van der Waals surface area (Å²) < 4.78 is 1.77. The second-order valence-electron chi connectivity index (χ2n) is 4.21. The van der Waals surface area contributed by atoms with Crippen molar-refractivity contribution in [3.63, 3.8) is 0 Å². The normalized spacial score (nSPS) is 18.9. The van der Waals surface area contributed by atoms with Crippen LogP contribution in [-0.2, 0) is 6.42 Å². The summed E-state index contributed by atoms with van der Waals surface area (Å²) in [4.78, 5) is 2.13. The van der Waals surface area contributed by atoms with Gasteiger partial charge in [0.25, 0.3) is 0 Å². The zero-order valence-corrected chi connectivity index (χ0v) is 9.44. The molecule has 0 unspecified atom stereocenters. The van der Waals surface area contributed by atoms with Crippen molar-refractivity contribution in [2.75, 3.05) is 26.0 Å². The Morgan fingerprint density at radius 1 is 1.40 bits per heavy atom. The van der Waals surface area contributed by atoms with Crippen LogP contribution >= 0.6 is 0 Å². The van der Waals surface area contributed by atoms with E-state index in [-0.39, 0.29) is 6.04 Å². The molecule has 0 aromatic heterocycles. The molecule has 1 aliphatic rings. The molecular formula is C12H17N2O+. The highest BCUT2D eigenvalue weighted by Crippen LogP contribution is 2.30. The van der Waals surface area contributed by atoms with E-state index < -0.39 is 0 Å². The van der Waals surface area contributed by atoms with Crippen molar-refractivity contribution in [2.24, 2.45) is 0 Å². The number of hydrogen-bond donors (Lipinski definition) is 1. The van der Waals surface area contributed by atoms with Crippen molar-refractivity contribution < 1.29 is 9.68 Å². The lowest BCUT2D eigenvalue weighted by Gasteiger charge is -2.18. The lowest BCUT2D eigenvalue weighted by molar-refractivity contribution is -0.475. The van der Waals surface area contributed by atoms with E-state index in [1.165, 1.54) is 11.3 Å². The predicted molar refractivity (Wildman–Crippen MR) is 62.1 cm³/mol. The van der Waals surface area contributed by atoms with E-state index in [1.807, 2.05) is 33.3 Å². The van der Waals surface area contributed by atoms with Crippen molar-refractivity contribution in [1.29, 1.82) is 0 Å². The van der Waals surface area contributed by atoms with Crippen LogP contribution in [0.4, 0.5) is 5.69 Å². The average Bonchev–Trinajstić information content (AvgIpc) is 2.56. The molecule has 0 amide bonds. The highest BCUT2D eigenvalue weighted by Gasteiger charge is 2.33. The third kappa shape index (κ3) is 1.58. The van der Waals surface area contributed by atoms with Crippen molar-refractivity contribution in [3.8, 4) is 0 Å². The molecule has 0 bridgehead atoms. The van der Waals surface area contributed by atoms with Crippen LogP contribution in [0.3, 0.4) is 0 Å². The highest BCUT2D eigenvalue weighted by atomic mass is 16.3. The molecule has 0 saturated carbocycles. The summed E-state index contributed by atoms with van der Waals surface area (Å²) in [6, 6.07) is 8.37. The molecular weight excluding hydrogens is 188 g/mol. The third-order valence-corrected chi connectivity index (χ3v) is 3.01. The maximum Gasteiger partial charge on any atom is 0.357 e. The Labute approximate surface area is 90.3 Å². The van der Waals surface area contributed by atoms with E-state index >= 15 is 0 Å². The Bertz CT molecular complexity index is 408. The molecule has 1 aromatic rings. The molecule has 1 aromatic carbocycles. The van der Waals surface area contributed by atoms with Gasteiger partial charge in [-0.2, -0.15) is 0 Å². The van der Waals surface area contributed by atoms with Crippen LogP contribution in [0, 0.1) is 0 Å². The molecule has 1 heterocycles. The number of aliphatic hydroxyl groups excluding tert-OH is 1. The van der Waals surface area contributed by atoms with Gasteiger partial charge in [0, 0.05) is 19.2 Å². The fraction of sp³-hybridized carbons (Fsp3) is 0.417. The van der Waals surface area contributed by atoms with Crippen molar-refractivity contribution in [3.05, 3.63) is 29.8 Å². The van der Waals surface area contributed by atoms with Crippen LogP contribution in [0.15, 0.2) is 24.3 Å². The van der Waals surface area contributed by atoms with E-state index in [9.17, 15) is 5.11 Å². The summed E-state index contributed by atoms with van der Waals surface area (Å²) in [7, 11) is 5.76. The zero-order chi connectivity index (χ0) is 11.0. The minimum absolute atomic E-state index is 0.0809. The quantitative estimate of drug-likeness (QED) is 0.424.